The van der Waals surface area contributed by atoms with Crippen LogP contribution in [-0.4, -0.2) is 6.54 Å². The highest BCUT2D eigenvalue weighted by atomic mass is 79.9. The van der Waals surface area contributed by atoms with Gasteiger partial charge in [0.2, 0.25) is 0 Å². The average molecular weight is 308 g/mol. The molecule has 2 aromatic carbocycles. The molecule has 3 heteroatoms. The zero-order chi connectivity index (χ0) is 13.0. The maximum Gasteiger partial charge on any atom is 0.137 e. The number of nitrogens with one attached hydrogen (secondary N) is 1. The molecule has 0 bridgehead atoms. The summed E-state index contributed by atoms with van der Waals surface area (Å²) in [7, 11) is 0. The molecule has 0 heterocycles. The molecular weight excluding hydrogens is 293 g/mol. The topological polar surface area (TPSA) is 12.0 Å². The average Bonchev–Trinajstić information content (AvgIpc) is 2.37. The molecule has 0 aliphatic rings. The number of hydrogen-bond donors (Lipinski definition) is 1. The molecule has 18 heavy (non-hydrogen) atoms. The maximum absolute atomic E-state index is 13.3. The molecule has 0 aromatic heterocycles. The van der Waals surface area contributed by atoms with E-state index in [-0.39, 0.29) is 5.82 Å². The fraction of sp³-hybridized carbons (Fsp3) is 0.200. The van der Waals surface area contributed by atoms with E-state index >= 15 is 0 Å². The Labute approximate surface area is 115 Å². The molecule has 0 saturated carbocycles. The SMILES string of the molecule is Cc1cc(F)c(Br)cc1NCCc1ccccc1. The van der Waals surface area contributed by atoms with Crippen LogP contribution in [0.2, 0.25) is 0 Å². The van der Waals surface area contributed by atoms with Gasteiger partial charge in [0.25, 0.3) is 0 Å². The molecule has 0 spiro atoms. The summed E-state index contributed by atoms with van der Waals surface area (Å²) in [6.07, 6.45) is 0.954. The van der Waals surface area contributed by atoms with E-state index in [4.69, 9.17) is 0 Å². The van der Waals surface area contributed by atoms with Crippen molar-refractivity contribution in [2.75, 3.05) is 11.9 Å². The summed E-state index contributed by atoms with van der Waals surface area (Å²) in [4.78, 5) is 0. The summed E-state index contributed by atoms with van der Waals surface area (Å²) in [5.41, 5.74) is 3.19. The molecule has 0 amide bonds. The van der Waals surface area contributed by atoms with Crippen molar-refractivity contribution in [3.63, 3.8) is 0 Å². The van der Waals surface area contributed by atoms with Crippen LogP contribution >= 0.6 is 15.9 Å². The van der Waals surface area contributed by atoms with Gasteiger partial charge in [-0.2, -0.15) is 0 Å². The first-order valence-electron chi connectivity index (χ1n) is 5.90. The van der Waals surface area contributed by atoms with Crippen molar-refractivity contribution in [3.05, 3.63) is 63.9 Å². The van der Waals surface area contributed by atoms with Gasteiger partial charge in [0.05, 0.1) is 4.47 Å². The van der Waals surface area contributed by atoms with Crippen LogP contribution in [0.4, 0.5) is 10.1 Å². The van der Waals surface area contributed by atoms with Gasteiger partial charge < -0.3 is 5.32 Å². The van der Waals surface area contributed by atoms with E-state index in [2.05, 4.69) is 33.4 Å². The summed E-state index contributed by atoms with van der Waals surface area (Å²) in [6, 6.07) is 13.6. The lowest BCUT2D eigenvalue weighted by Crippen LogP contribution is -2.06. The van der Waals surface area contributed by atoms with Crippen LogP contribution in [0.15, 0.2) is 46.9 Å². The Morgan fingerprint density at radius 3 is 2.61 bits per heavy atom. The number of benzene rings is 2. The lowest BCUT2D eigenvalue weighted by atomic mass is 10.1. The first kappa shape index (κ1) is 13.1. The van der Waals surface area contributed by atoms with Crippen molar-refractivity contribution in [2.45, 2.75) is 13.3 Å². The highest BCUT2D eigenvalue weighted by molar-refractivity contribution is 9.10. The van der Waals surface area contributed by atoms with E-state index in [1.54, 1.807) is 6.07 Å². The van der Waals surface area contributed by atoms with Gasteiger partial charge in [-0.1, -0.05) is 30.3 Å². The molecular formula is C15H15BrFN. The van der Waals surface area contributed by atoms with Crippen LogP contribution in [0, 0.1) is 12.7 Å². The van der Waals surface area contributed by atoms with E-state index in [0.29, 0.717) is 4.47 Å². The second-order valence-electron chi connectivity index (χ2n) is 4.24. The lowest BCUT2D eigenvalue weighted by molar-refractivity contribution is 0.620. The Balaban J connectivity index is 1.97. The second-order valence-corrected chi connectivity index (χ2v) is 5.10. The molecule has 0 radical (unpaired) electrons. The Morgan fingerprint density at radius 2 is 1.89 bits per heavy atom. The van der Waals surface area contributed by atoms with E-state index < -0.39 is 0 Å². The third-order valence-corrected chi connectivity index (χ3v) is 3.45. The monoisotopic (exact) mass is 307 g/mol. The Kier molecular flexibility index (Phi) is 4.37. The standard InChI is InChI=1S/C15H15BrFN/c1-11-9-14(17)13(16)10-15(11)18-8-7-12-5-3-2-4-6-12/h2-6,9-10,18H,7-8H2,1H3. The highest BCUT2D eigenvalue weighted by Crippen LogP contribution is 2.24. The summed E-state index contributed by atoms with van der Waals surface area (Å²) in [6.45, 7) is 2.74. The van der Waals surface area contributed by atoms with Gasteiger partial charge in [-0.3, -0.25) is 0 Å². The first-order chi connectivity index (χ1) is 8.66. The van der Waals surface area contributed by atoms with Gasteiger partial charge in [0, 0.05) is 12.2 Å². The summed E-state index contributed by atoms with van der Waals surface area (Å²) in [5.74, 6) is -0.221. The van der Waals surface area contributed by atoms with Crippen molar-refractivity contribution >= 4 is 21.6 Å². The van der Waals surface area contributed by atoms with Gasteiger partial charge in [-0.05, 0) is 52.5 Å². The molecule has 2 rings (SSSR count). The molecule has 1 N–H and O–H groups in total. The van der Waals surface area contributed by atoms with Crippen LogP contribution in [0.5, 0.6) is 0 Å². The van der Waals surface area contributed by atoms with Gasteiger partial charge in [-0.25, -0.2) is 4.39 Å². The summed E-state index contributed by atoms with van der Waals surface area (Å²) >= 11 is 3.20. The molecule has 0 atom stereocenters. The van der Waals surface area contributed by atoms with E-state index in [0.717, 1.165) is 24.2 Å². The minimum Gasteiger partial charge on any atom is -0.384 e. The lowest BCUT2D eigenvalue weighted by Gasteiger charge is -2.10. The van der Waals surface area contributed by atoms with E-state index in [1.165, 1.54) is 11.6 Å². The van der Waals surface area contributed by atoms with Gasteiger partial charge in [-0.15, -0.1) is 0 Å². The maximum atomic E-state index is 13.3. The smallest absolute Gasteiger partial charge is 0.137 e. The number of anilines is 1. The zero-order valence-electron chi connectivity index (χ0n) is 10.2. The third kappa shape index (κ3) is 3.33. The Bertz CT molecular complexity index is 526. The van der Waals surface area contributed by atoms with E-state index in [9.17, 15) is 4.39 Å². The molecule has 0 unspecified atom stereocenters. The fourth-order valence-electron chi connectivity index (χ4n) is 1.82. The molecule has 1 nitrogen and oxygen atoms in total. The first-order valence-corrected chi connectivity index (χ1v) is 6.69. The molecule has 0 aliphatic heterocycles. The number of aryl methyl sites for hydroxylation is 1. The second kappa shape index (κ2) is 6.01. The molecule has 0 fully saturated rings. The quantitative estimate of drug-likeness (QED) is 0.873. The van der Waals surface area contributed by atoms with Crippen LogP contribution in [-0.2, 0) is 6.42 Å². The Hall–Kier alpha value is -1.35. The normalized spacial score (nSPS) is 10.4. The summed E-state index contributed by atoms with van der Waals surface area (Å²) < 4.78 is 13.8. The fourth-order valence-corrected chi connectivity index (χ4v) is 2.17. The molecule has 0 saturated heterocycles. The van der Waals surface area contributed by atoms with Crippen molar-refractivity contribution in [1.82, 2.24) is 0 Å². The number of halogens is 2. The zero-order valence-corrected chi connectivity index (χ0v) is 11.8. The predicted molar refractivity (Wildman–Crippen MR) is 77.5 cm³/mol. The minimum absolute atomic E-state index is 0.221. The predicted octanol–water partition coefficient (Wildman–Crippen LogP) is 4.55. The molecule has 0 aliphatic carbocycles. The van der Waals surface area contributed by atoms with Gasteiger partial charge >= 0.3 is 0 Å². The van der Waals surface area contributed by atoms with Crippen LogP contribution in [0.1, 0.15) is 11.1 Å². The van der Waals surface area contributed by atoms with Crippen LogP contribution < -0.4 is 5.32 Å². The van der Waals surface area contributed by atoms with Gasteiger partial charge in [0.15, 0.2) is 0 Å². The van der Waals surface area contributed by atoms with E-state index in [1.807, 2.05) is 25.1 Å². The molecule has 94 valence electrons. The third-order valence-electron chi connectivity index (χ3n) is 2.84. The number of rotatable bonds is 4. The van der Waals surface area contributed by atoms with Crippen molar-refractivity contribution < 1.29 is 4.39 Å². The number of hydrogen-bond acceptors (Lipinski definition) is 1. The van der Waals surface area contributed by atoms with Crippen molar-refractivity contribution in [2.24, 2.45) is 0 Å². The highest BCUT2D eigenvalue weighted by Gasteiger charge is 2.04. The van der Waals surface area contributed by atoms with Crippen molar-refractivity contribution in [3.8, 4) is 0 Å². The van der Waals surface area contributed by atoms with Gasteiger partial charge in [0.1, 0.15) is 5.82 Å². The summed E-state index contributed by atoms with van der Waals surface area (Å²) in [5, 5.41) is 3.33. The van der Waals surface area contributed by atoms with Crippen LogP contribution in [0.3, 0.4) is 0 Å². The molecule has 2 aromatic rings. The van der Waals surface area contributed by atoms with Crippen molar-refractivity contribution in [1.29, 1.82) is 0 Å². The minimum atomic E-state index is -0.221. The van der Waals surface area contributed by atoms with Crippen LogP contribution in [0.25, 0.3) is 0 Å². The largest absolute Gasteiger partial charge is 0.384 e. The Morgan fingerprint density at radius 1 is 1.17 bits per heavy atom.